The van der Waals surface area contributed by atoms with Crippen molar-refractivity contribution in [1.82, 2.24) is 9.55 Å². The molecule has 0 atom stereocenters. The first-order chi connectivity index (χ1) is 10.2. The Balaban J connectivity index is 2.19. The lowest BCUT2D eigenvalue weighted by Crippen LogP contribution is -1.96. The van der Waals surface area contributed by atoms with Gasteiger partial charge in [0.2, 0.25) is 5.89 Å². The third-order valence-electron chi connectivity index (χ3n) is 3.17. The minimum absolute atomic E-state index is 0.165. The molecule has 6 heteroatoms. The summed E-state index contributed by atoms with van der Waals surface area (Å²) in [7, 11) is 1.66. The number of nitrogens with zero attached hydrogens (tertiary/aromatic N) is 3. The summed E-state index contributed by atoms with van der Waals surface area (Å²) in [4.78, 5) is 4.13. The zero-order chi connectivity index (χ0) is 14.8. The number of fused-ring (bicyclic) bond motifs is 1. The third kappa shape index (κ3) is 2.46. The van der Waals surface area contributed by atoms with Crippen molar-refractivity contribution in [2.75, 3.05) is 7.11 Å². The molecule has 0 radical (unpaired) electrons. The normalized spacial score (nSPS) is 10.9. The number of benzene rings is 1. The first-order valence-corrected chi connectivity index (χ1v) is 7.12. The summed E-state index contributed by atoms with van der Waals surface area (Å²) in [6, 6.07) is 8.01. The van der Waals surface area contributed by atoms with Crippen LogP contribution in [0, 0.1) is 11.3 Å². The first-order valence-electron chi connectivity index (χ1n) is 6.33. The number of halogens is 1. The monoisotopic (exact) mass is 345 g/mol. The number of hydrogen-bond acceptors (Lipinski definition) is 4. The van der Waals surface area contributed by atoms with Crippen LogP contribution in [-0.4, -0.2) is 16.7 Å². The molecule has 3 rings (SSSR count). The largest absolute Gasteiger partial charge is 0.440 e. The van der Waals surface area contributed by atoms with E-state index in [0.717, 1.165) is 20.9 Å². The number of hydrogen-bond donors (Lipinski definition) is 0. The molecule has 0 N–H and O–H groups in total. The number of ether oxygens (including phenoxy) is 1. The Morgan fingerprint density at radius 2 is 2.33 bits per heavy atom. The molecule has 0 saturated carbocycles. The molecule has 0 unspecified atom stereocenters. The Bertz CT molecular complexity index is 829. The predicted octanol–water partition coefficient (Wildman–Crippen LogP) is 3.73. The summed E-state index contributed by atoms with van der Waals surface area (Å²) in [6.45, 7) is 0.451. The molecule has 2 heterocycles. The zero-order valence-corrected chi connectivity index (χ0v) is 12.9. The van der Waals surface area contributed by atoms with E-state index >= 15 is 0 Å². The average molecular weight is 346 g/mol. The Labute approximate surface area is 129 Å². The molecule has 21 heavy (non-hydrogen) atoms. The van der Waals surface area contributed by atoms with E-state index < -0.39 is 0 Å². The van der Waals surface area contributed by atoms with Crippen LogP contribution in [-0.2, 0) is 17.9 Å². The Morgan fingerprint density at radius 3 is 3.10 bits per heavy atom. The molecule has 0 aliphatic heterocycles. The zero-order valence-electron chi connectivity index (χ0n) is 11.3. The molecule has 0 aliphatic carbocycles. The fourth-order valence-corrected chi connectivity index (χ4v) is 2.89. The molecular formula is C15H12BrN3O2. The standard InChI is InChI=1S/C15H12BrN3O2/c1-20-9-19-8-10(13-7-18-14(21-13)5-6-17)15-11(16)3-2-4-12(15)19/h2-4,7-8H,5,9H2,1H3. The van der Waals surface area contributed by atoms with Gasteiger partial charge in [0.15, 0.2) is 5.76 Å². The molecule has 2 aromatic heterocycles. The highest BCUT2D eigenvalue weighted by Gasteiger charge is 2.16. The van der Waals surface area contributed by atoms with Crippen LogP contribution in [0.25, 0.3) is 22.2 Å². The second-order valence-corrected chi connectivity index (χ2v) is 5.37. The molecule has 0 saturated heterocycles. The lowest BCUT2D eigenvalue weighted by atomic mass is 10.1. The molecule has 5 nitrogen and oxygen atoms in total. The van der Waals surface area contributed by atoms with Gasteiger partial charge in [0.1, 0.15) is 13.2 Å². The summed E-state index contributed by atoms with van der Waals surface area (Å²) in [6.07, 6.45) is 3.78. The summed E-state index contributed by atoms with van der Waals surface area (Å²) in [5.41, 5.74) is 1.96. The van der Waals surface area contributed by atoms with Gasteiger partial charge in [-0.2, -0.15) is 5.26 Å². The predicted molar refractivity (Wildman–Crippen MR) is 81.5 cm³/mol. The van der Waals surface area contributed by atoms with Crippen LogP contribution < -0.4 is 0 Å². The lowest BCUT2D eigenvalue weighted by molar-refractivity contribution is 0.135. The summed E-state index contributed by atoms with van der Waals surface area (Å²) >= 11 is 3.58. The highest BCUT2D eigenvalue weighted by Crippen LogP contribution is 2.36. The van der Waals surface area contributed by atoms with Crippen molar-refractivity contribution in [1.29, 1.82) is 5.26 Å². The molecule has 0 amide bonds. The topological polar surface area (TPSA) is 64.0 Å². The molecule has 0 spiro atoms. The van der Waals surface area contributed by atoms with E-state index in [-0.39, 0.29) is 6.42 Å². The Hall–Kier alpha value is -2.10. The molecule has 106 valence electrons. The van der Waals surface area contributed by atoms with E-state index in [1.807, 2.05) is 35.0 Å². The number of aromatic nitrogens is 2. The third-order valence-corrected chi connectivity index (χ3v) is 3.83. The van der Waals surface area contributed by atoms with Crippen molar-refractivity contribution >= 4 is 26.8 Å². The van der Waals surface area contributed by atoms with Crippen LogP contribution in [0.2, 0.25) is 0 Å². The van der Waals surface area contributed by atoms with E-state index in [1.165, 1.54) is 0 Å². The van der Waals surface area contributed by atoms with Crippen molar-refractivity contribution in [2.45, 2.75) is 13.2 Å². The molecule has 0 aliphatic rings. The highest BCUT2D eigenvalue weighted by molar-refractivity contribution is 9.10. The van der Waals surface area contributed by atoms with Gasteiger partial charge >= 0.3 is 0 Å². The van der Waals surface area contributed by atoms with Crippen molar-refractivity contribution in [3.8, 4) is 17.4 Å². The quantitative estimate of drug-likeness (QED) is 0.722. The van der Waals surface area contributed by atoms with Gasteiger partial charge < -0.3 is 13.7 Å². The van der Waals surface area contributed by atoms with Gasteiger partial charge in [-0.1, -0.05) is 22.0 Å². The van der Waals surface area contributed by atoms with Crippen LogP contribution >= 0.6 is 15.9 Å². The van der Waals surface area contributed by atoms with Crippen molar-refractivity contribution < 1.29 is 9.15 Å². The average Bonchev–Trinajstić information content (AvgIpc) is 3.06. The van der Waals surface area contributed by atoms with Crippen molar-refractivity contribution in [3.05, 3.63) is 41.0 Å². The van der Waals surface area contributed by atoms with Gasteiger partial charge in [-0.15, -0.1) is 0 Å². The molecule has 0 fully saturated rings. The van der Waals surface area contributed by atoms with Gasteiger partial charge in [-0.05, 0) is 12.1 Å². The van der Waals surface area contributed by atoms with E-state index in [4.69, 9.17) is 14.4 Å². The van der Waals surface area contributed by atoms with Crippen LogP contribution in [0.15, 0.2) is 39.5 Å². The van der Waals surface area contributed by atoms with Crippen LogP contribution in [0.5, 0.6) is 0 Å². The summed E-state index contributed by atoms with van der Waals surface area (Å²) < 4.78 is 13.9. The minimum Gasteiger partial charge on any atom is -0.440 e. The van der Waals surface area contributed by atoms with Gasteiger partial charge in [-0.25, -0.2) is 4.98 Å². The van der Waals surface area contributed by atoms with Gasteiger partial charge in [-0.3, -0.25) is 0 Å². The minimum atomic E-state index is 0.165. The fraction of sp³-hybridized carbons (Fsp3) is 0.200. The Kier molecular flexibility index (Phi) is 3.78. The van der Waals surface area contributed by atoms with E-state index in [0.29, 0.717) is 18.4 Å². The van der Waals surface area contributed by atoms with Crippen LogP contribution in [0.1, 0.15) is 5.89 Å². The van der Waals surface area contributed by atoms with Crippen LogP contribution in [0.3, 0.4) is 0 Å². The number of nitriles is 1. The van der Waals surface area contributed by atoms with Gasteiger partial charge in [0.05, 0.1) is 17.8 Å². The van der Waals surface area contributed by atoms with Gasteiger partial charge in [0.25, 0.3) is 0 Å². The van der Waals surface area contributed by atoms with Gasteiger partial charge in [0, 0.05) is 28.7 Å². The van der Waals surface area contributed by atoms with E-state index in [1.54, 1.807) is 13.3 Å². The van der Waals surface area contributed by atoms with E-state index in [2.05, 4.69) is 20.9 Å². The molecule has 0 bridgehead atoms. The van der Waals surface area contributed by atoms with Crippen molar-refractivity contribution in [3.63, 3.8) is 0 Å². The summed E-state index contributed by atoms with van der Waals surface area (Å²) in [5, 5.41) is 9.75. The second kappa shape index (κ2) is 5.72. The lowest BCUT2D eigenvalue weighted by Gasteiger charge is -2.02. The van der Waals surface area contributed by atoms with E-state index in [9.17, 15) is 0 Å². The molecular weight excluding hydrogens is 334 g/mol. The summed E-state index contributed by atoms with van der Waals surface area (Å²) in [5.74, 6) is 1.07. The van der Waals surface area contributed by atoms with Crippen molar-refractivity contribution in [2.24, 2.45) is 0 Å². The fourth-order valence-electron chi connectivity index (χ4n) is 2.33. The highest BCUT2D eigenvalue weighted by atomic mass is 79.9. The van der Waals surface area contributed by atoms with Crippen LogP contribution in [0.4, 0.5) is 0 Å². The molecule has 3 aromatic rings. The SMILES string of the molecule is COCn1cc(-c2cnc(CC#N)o2)c2c(Br)cccc21. The number of oxazole rings is 1. The maximum absolute atomic E-state index is 8.71. The number of rotatable bonds is 4. The number of methoxy groups -OCH3 is 1. The maximum Gasteiger partial charge on any atom is 0.209 e. The molecule has 1 aromatic carbocycles. The first kappa shape index (κ1) is 13.9. The second-order valence-electron chi connectivity index (χ2n) is 4.52. The Morgan fingerprint density at radius 1 is 1.48 bits per heavy atom. The maximum atomic E-state index is 8.71. The smallest absolute Gasteiger partial charge is 0.209 e.